The number of hydrogen-bond donors (Lipinski definition) is 1. The zero-order valence-electron chi connectivity index (χ0n) is 10.8. The molecule has 0 aliphatic carbocycles. The van der Waals surface area contributed by atoms with E-state index in [2.05, 4.69) is 28.6 Å². The van der Waals surface area contributed by atoms with E-state index in [1.165, 1.54) is 0 Å². The van der Waals surface area contributed by atoms with Crippen molar-refractivity contribution in [2.45, 2.75) is 11.5 Å². The van der Waals surface area contributed by atoms with Gasteiger partial charge in [-0.3, -0.25) is 0 Å². The first kappa shape index (κ1) is 14.9. The van der Waals surface area contributed by atoms with Gasteiger partial charge in [0, 0.05) is 9.37 Å². The average Bonchev–Trinajstić information content (AvgIpc) is 2.47. The second-order valence-electron chi connectivity index (χ2n) is 4.09. The summed E-state index contributed by atoms with van der Waals surface area (Å²) in [6, 6.07) is 12.6. The number of carbonyl (C=O) groups is 1. The quantitative estimate of drug-likeness (QED) is 0.664. The molecule has 0 heterocycles. The van der Waals surface area contributed by atoms with E-state index in [9.17, 15) is 4.79 Å². The van der Waals surface area contributed by atoms with E-state index < -0.39 is 5.97 Å². The number of methoxy groups -OCH3 is 1. The van der Waals surface area contributed by atoms with E-state index in [0.29, 0.717) is 14.9 Å². The SMILES string of the molecule is COc1cccc(COC(=O)c2cc(S)ccc2Br)c1. The van der Waals surface area contributed by atoms with Gasteiger partial charge in [-0.25, -0.2) is 4.79 Å². The second-order valence-corrected chi connectivity index (χ2v) is 5.46. The Morgan fingerprint density at radius 3 is 2.80 bits per heavy atom. The molecular formula is C15H13BrO3S. The van der Waals surface area contributed by atoms with Crippen LogP contribution in [-0.2, 0) is 11.3 Å². The first-order chi connectivity index (χ1) is 9.60. The third-order valence-electron chi connectivity index (χ3n) is 2.67. The van der Waals surface area contributed by atoms with Crippen LogP contribution in [0.5, 0.6) is 5.75 Å². The lowest BCUT2D eigenvalue weighted by Crippen LogP contribution is -2.06. The highest BCUT2D eigenvalue weighted by Crippen LogP contribution is 2.22. The van der Waals surface area contributed by atoms with Crippen LogP contribution in [0.15, 0.2) is 51.8 Å². The first-order valence-corrected chi connectivity index (χ1v) is 7.13. The van der Waals surface area contributed by atoms with Crippen LogP contribution >= 0.6 is 28.6 Å². The zero-order chi connectivity index (χ0) is 14.5. The van der Waals surface area contributed by atoms with Crippen LogP contribution < -0.4 is 4.74 Å². The van der Waals surface area contributed by atoms with Crippen molar-refractivity contribution in [1.29, 1.82) is 0 Å². The van der Waals surface area contributed by atoms with Gasteiger partial charge in [-0.05, 0) is 51.8 Å². The fourth-order valence-electron chi connectivity index (χ4n) is 1.66. The van der Waals surface area contributed by atoms with Crippen molar-refractivity contribution < 1.29 is 14.3 Å². The first-order valence-electron chi connectivity index (χ1n) is 5.88. The molecule has 0 aromatic heterocycles. The van der Waals surface area contributed by atoms with Crippen LogP contribution in [0.3, 0.4) is 0 Å². The van der Waals surface area contributed by atoms with Crippen LogP contribution in [0.2, 0.25) is 0 Å². The third-order valence-corrected chi connectivity index (χ3v) is 3.64. The van der Waals surface area contributed by atoms with Gasteiger partial charge in [0.1, 0.15) is 12.4 Å². The monoisotopic (exact) mass is 352 g/mol. The minimum Gasteiger partial charge on any atom is -0.497 e. The predicted molar refractivity (Wildman–Crippen MR) is 83.5 cm³/mol. The molecule has 0 spiro atoms. The third kappa shape index (κ3) is 3.77. The molecule has 5 heteroatoms. The summed E-state index contributed by atoms with van der Waals surface area (Å²) in [5, 5.41) is 0. The van der Waals surface area contributed by atoms with Gasteiger partial charge in [0.15, 0.2) is 0 Å². The molecule has 0 saturated carbocycles. The molecule has 3 nitrogen and oxygen atoms in total. The number of carbonyl (C=O) groups excluding carboxylic acids is 1. The highest BCUT2D eigenvalue weighted by molar-refractivity contribution is 9.10. The lowest BCUT2D eigenvalue weighted by Gasteiger charge is -2.08. The summed E-state index contributed by atoms with van der Waals surface area (Å²) >= 11 is 7.54. The summed E-state index contributed by atoms with van der Waals surface area (Å²) < 4.78 is 11.1. The van der Waals surface area contributed by atoms with Crippen LogP contribution in [-0.4, -0.2) is 13.1 Å². The van der Waals surface area contributed by atoms with Crippen LogP contribution in [0, 0.1) is 0 Å². The van der Waals surface area contributed by atoms with Gasteiger partial charge in [0.25, 0.3) is 0 Å². The molecule has 0 atom stereocenters. The number of ether oxygens (including phenoxy) is 2. The Bertz CT molecular complexity index is 628. The molecule has 2 aromatic rings. The molecule has 0 amide bonds. The van der Waals surface area contributed by atoms with Gasteiger partial charge >= 0.3 is 5.97 Å². The summed E-state index contributed by atoms with van der Waals surface area (Å²) in [5.41, 5.74) is 1.33. The standard InChI is InChI=1S/C15H13BrO3S/c1-18-11-4-2-3-10(7-11)9-19-15(17)13-8-12(20)5-6-14(13)16/h2-8,20H,9H2,1H3. The van der Waals surface area contributed by atoms with Crippen molar-refractivity contribution in [1.82, 2.24) is 0 Å². The number of thiol groups is 1. The lowest BCUT2D eigenvalue weighted by molar-refractivity contribution is 0.0471. The van der Waals surface area contributed by atoms with Crippen molar-refractivity contribution in [3.63, 3.8) is 0 Å². The van der Waals surface area contributed by atoms with Crippen molar-refractivity contribution in [2.75, 3.05) is 7.11 Å². The van der Waals surface area contributed by atoms with E-state index in [4.69, 9.17) is 9.47 Å². The van der Waals surface area contributed by atoms with Crippen molar-refractivity contribution in [2.24, 2.45) is 0 Å². The topological polar surface area (TPSA) is 35.5 Å². The van der Waals surface area contributed by atoms with Gasteiger partial charge in [0.05, 0.1) is 12.7 Å². The minimum absolute atomic E-state index is 0.194. The Kier molecular flexibility index (Phi) is 5.09. The van der Waals surface area contributed by atoms with Crippen molar-refractivity contribution >= 4 is 34.5 Å². The smallest absolute Gasteiger partial charge is 0.339 e. The zero-order valence-corrected chi connectivity index (χ0v) is 13.3. The van der Waals surface area contributed by atoms with Crippen LogP contribution in [0.1, 0.15) is 15.9 Å². The minimum atomic E-state index is -0.393. The summed E-state index contributed by atoms with van der Waals surface area (Å²) in [4.78, 5) is 12.7. The highest BCUT2D eigenvalue weighted by atomic mass is 79.9. The Hall–Kier alpha value is -1.46. The van der Waals surface area contributed by atoms with Crippen LogP contribution in [0.25, 0.3) is 0 Å². The number of hydrogen-bond acceptors (Lipinski definition) is 4. The normalized spacial score (nSPS) is 10.2. The Morgan fingerprint density at radius 1 is 1.25 bits per heavy atom. The molecule has 104 valence electrons. The highest BCUT2D eigenvalue weighted by Gasteiger charge is 2.12. The van der Waals surface area contributed by atoms with E-state index in [-0.39, 0.29) is 6.61 Å². The number of rotatable bonds is 4. The number of benzene rings is 2. The van der Waals surface area contributed by atoms with Crippen LogP contribution in [0.4, 0.5) is 0 Å². The van der Waals surface area contributed by atoms with Gasteiger partial charge in [0.2, 0.25) is 0 Å². The van der Waals surface area contributed by atoms with Gasteiger partial charge < -0.3 is 9.47 Å². The van der Waals surface area contributed by atoms with E-state index >= 15 is 0 Å². The van der Waals surface area contributed by atoms with Gasteiger partial charge in [-0.1, -0.05) is 12.1 Å². The maximum atomic E-state index is 12.0. The molecular weight excluding hydrogens is 340 g/mol. The molecule has 0 unspecified atom stereocenters. The largest absolute Gasteiger partial charge is 0.497 e. The second kappa shape index (κ2) is 6.81. The van der Waals surface area contributed by atoms with Crippen molar-refractivity contribution in [3.8, 4) is 5.75 Å². The molecule has 0 aliphatic rings. The van der Waals surface area contributed by atoms with E-state index in [1.807, 2.05) is 24.3 Å². The fraction of sp³-hybridized carbons (Fsp3) is 0.133. The Balaban J connectivity index is 2.06. The molecule has 0 fully saturated rings. The predicted octanol–water partition coefficient (Wildman–Crippen LogP) is 4.10. The molecule has 2 rings (SSSR count). The fourth-order valence-corrected chi connectivity index (χ4v) is 2.27. The molecule has 0 radical (unpaired) electrons. The summed E-state index contributed by atoms with van der Waals surface area (Å²) in [7, 11) is 1.60. The maximum Gasteiger partial charge on any atom is 0.339 e. The molecule has 0 bridgehead atoms. The van der Waals surface area contributed by atoms with Crippen molar-refractivity contribution in [3.05, 3.63) is 58.1 Å². The molecule has 0 N–H and O–H groups in total. The molecule has 2 aromatic carbocycles. The summed E-state index contributed by atoms with van der Waals surface area (Å²) in [5.74, 6) is 0.340. The molecule has 20 heavy (non-hydrogen) atoms. The van der Waals surface area contributed by atoms with E-state index in [1.54, 1.807) is 25.3 Å². The lowest BCUT2D eigenvalue weighted by atomic mass is 10.2. The van der Waals surface area contributed by atoms with E-state index in [0.717, 1.165) is 11.3 Å². The van der Waals surface area contributed by atoms with Gasteiger partial charge in [-0.15, -0.1) is 12.6 Å². The number of esters is 1. The molecule has 0 saturated heterocycles. The summed E-state index contributed by atoms with van der Waals surface area (Å²) in [6.07, 6.45) is 0. The number of halogens is 1. The molecule has 0 aliphatic heterocycles. The summed E-state index contributed by atoms with van der Waals surface area (Å²) in [6.45, 7) is 0.194. The Morgan fingerprint density at radius 2 is 2.05 bits per heavy atom. The van der Waals surface area contributed by atoms with Gasteiger partial charge in [-0.2, -0.15) is 0 Å². The Labute approximate surface area is 131 Å². The maximum absolute atomic E-state index is 12.0. The average molecular weight is 353 g/mol.